The van der Waals surface area contributed by atoms with Crippen molar-refractivity contribution >= 4 is 5.78 Å². The monoisotopic (exact) mass is 314 g/mol. The highest BCUT2D eigenvalue weighted by atomic mass is 16.7. The van der Waals surface area contributed by atoms with Crippen LogP contribution in [0.5, 0.6) is 5.75 Å². The Kier molecular flexibility index (Phi) is 5.46. The SMILES string of the molecule is O=C(CO)c1ccccc1O[C@@H]1O[C@H](CO)[C@@H](O)[C@H](O)[C@H]1O. The molecule has 22 heavy (non-hydrogen) atoms. The highest BCUT2D eigenvalue weighted by Gasteiger charge is 2.44. The third-order valence-corrected chi connectivity index (χ3v) is 3.42. The van der Waals surface area contributed by atoms with E-state index in [1.807, 2.05) is 0 Å². The Bertz CT molecular complexity index is 517. The van der Waals surface area contributed by atoms with Gasteiger partial charge in [0.05, 0.1) is 12.2 Å². The van der Waals surface area contributed by atoms with E-state index in [1.54, 1.807) is 12.1 Å². The maximum absolute atomic E-state index is 11.6. The summed E-state index contributed by atoms with van der Waals surface area (Å²) in [6.45, 7) is -1.29. The van der Waals surface area contributed by atoms with Crippen LogP contribution in [-0.2, 0) is 4.74 Å². The number of Topliss-reactive ketones (excluding diaryl/α,β-unsaturated/α-hetero) is 1. The zero-order valence-electron chi connectivity index (χ0n) is 11.6. The van der Waals surface area contributed by atoms with Gasteiger partial charge in [-0.2, -0.15) is 0 Å². The fourth-order valence-electron chi connectivity index (χ4n) is 2.17. The molecule has 0 aliphatic carbocycles. The Labute approximate surface area is 126 Å². The van der Waals surface area contributed by atoms with Gasteiger partial charge in [-0.1, -0.05) is 12.1 Å². The molecule has 8 heteroatoms. The molecule has 1 aromatic rings. The van der Waals surface area contributed by atoms with Crippen LogP contribution in [0.4, 0.5) is 0 Å². The number of carbonyl (C=O) groups excluding carboxylic acids is 1. The number of aliphatic hydroxyl groups is 5. The molecule has 0 aromatic heterocycles. The third-order valence-electron chi connectivity index (χ3n) is 3.42. The zero-order chi connectivity index (χ0) is 16.3. The van der Waals surface area contributed by atoms with Crippen molar-refractivity contribution in [3.8, 4) is 5.75 Å². The summed E-state index contributed by atoms with van der Waals surface area (Å²) < 4.78 is 10.6. The van der Waals surface area contributed by atoms with Gasteiger partial charge >= 0.3 is 0 Å². The first-order valence-electron chi connectivity index (χ1n) is 6.69. The molecule has 0 bridgehead atoms. The molecule has 0 spiro atoms. The Morgan fingerprint density at radius 3 is 2.41 bits per heavy atom. The Morgan fingerprint density at radius 2 is 1.77 bits per heavy atom. The minimum Gasteiger partial charge on any atom is -0.461 e. The summed E-state index contributed by atoms with van der Waals surface area (Å²) in [5.74, 6) is -0.536. The van der Waals surface area contributed by atoms with E-state index < -0.39 is 49.7 Å². The molecule has 5 N–H and O–H groups in total. The summed E-state index contributed by atoms with van der Waals surface area (Å²) in [4.78, 5) is 11.6. The average molecular weight is 314 g/mol. The highest BCUT2D eigenvalue weighted by molar-refractivity contribution is 5.99. The summed E-state index contributed by atoms with van der Waals surface area (Å²) in [7, 11) is 0. The zero-order valence-corrected chi connectivity index (χ0v) is 11.6. The van der Waals surface area contributed by atoms with Crippen LogP contribution in [0, 0.1) is 0 Å². The molecule has 0 unspecified atom stereocenters. The second-order valence-electron chi connectivity index (χ2n) is 4.89. The van der Waals surface area contributed by atoms with E-state index in [9.17, 15) is 20.1 Å². The second-order valence-corrected chi connectivity index (χ2v) is 4.89. The van der Waals surface area contributed by atoms with Crippen molar-refractivity contribution in [2.24, 2.45) is 0 Å². The van der Waals surface area contributed by atoms with Gasteiger partial charge in [-0.05, 0) is 12.1 Å². The lowest BCUT2D eigenvalue weighted by Gasteiger charge is -2.39. The molecule has 1 aliphatic rings. The molecule has 1 aromatic carbocycles. The van der Waals surface area contributed by atoms with Crippen LogP contribution >= 0.6 is 0 Å². The van der Waals surface area contributed by atoms with Crippen LogP contribution < -0.4 is 4.74 Å². The minimum atomic E-state index is -1.57. The highest BCUT2D eigenvalue weighted by Crippen LogP contribution is 2.26. The van der Waals surface area contributed by atoms with Gasteiger partial charge in [0.15, 0.2) is 5.78 Å². The van der Waals surface area contributed by atoms with E-state index in [2.05, 4.69) is 0 Å². The normalized spacial score (nSPS) is 31.8. The van der Waals surface area contributed by atoms with Crippen molar-refractivity contribution in [2.75, 3.05) is 13.2 Å². The van der Waals surface area contributed by atoms with Crippen molar-refractivity contribution in [1.82, 2.24) is 0 Å². The fourth-order valence-corrected chi connectivity index (χ4v) is 2.17. The summed E-state index contributed by atoms with van der Waals surface area (Å²) in [5, 5.41) is 47.3. The number of rotatable bonds is 5. The predicted octanol–water partition coefficient (Wildman–Crippen LogP) is -1.96. The van der Waals surface area contributed by atoms with Crippen LogP contribution in [0.15, 0.2) is 24.3 Å². The topological polar surface area (TPSA) is 137 Å². The van der Waals surface area contributed by atoms with Gasteiger partial charge in [0.1, 0.15) is 36.8 Å². The lowest BCUT2D eigenvalue weighted by Crippen LogP contribution is -2.60. The number of para-hydroxylation sites is 1. The standard InChI is InChI=1S/C14H18O8/c15-5-8(17)7-3-1-2-4-9(7)21-14-13(20)12(19)11(18)10(6-16)22-14/h1-4,10-16,18-20H,5-6H2/t10-,11-,12+,13-,14-/m1/s1. The summed E-state index contributed by atoms with van der Waals surface area (Å²) in [6.07, 6.45) is -7.13. The first-order chi connectivity index (χ1) is 10.5. The first kappa shape index (κ1) is 16.8. The molecular formula is C14H18O8. The molecule has 2 rings (SSSR count). The Morgan fingerprint density at radius 1 is 1.09 bits per heavy atom. The predicted molar refractivity (Wildman–Crippen MR) is 72.3 cm³/mol. The molecule has 1 heterocycles. The van der Waals surface area contributed by atoms with Crippen molar-refractivity contribution < 1.29 is 39.8 Å². The molecule has 1 fully saturated rings. The number of carbonyl (C=O) groups is 1. The number of ether oxygens (including phenoxy) is 2. The molecule has 1 aliphatic heterocycles. The van der Waals surface area contributed by atoms with Crippen LogP contribution in [0.25, 0.3) is 0 Å². The van der Waals surface area contributed by atoms with Gasteiger partial charge in [-0.3, -0.25) is 4.79 Å². The van der Waals surface area contributed by atoms with Gasteiger partial charge in [0.25, 0.3) is 0 Å². The number of hydrogen-bond acceptors (Lipinski definition) is 8. The van der Waals surface area contributed by atoms with E-state index in [0.29, 0.717) is 0 Å². The molecule has 5 atom stereocenters. The number of ketones is 1. The molecule has 1 saturated heterocycles. The minimum absolute atomic E-state index is 0.0471. The molecular weight excluding hydrogens is 296 g/mol. The number of aliphatic hydroxyl groups excluding tert-OH is 5. The summed E-state index contributed by atoms with van der Waals surface area (Å²) >= 11 is 0. The second kappa shape index (κ2) is 7.14. The van der Waals surface area contributed by atoms with Gasteiger partial charge in [-0.15, -0.1) is 0 Å². The van der Waals surface area contributed by atoms with E-state index >= 15 is 0 Å². The van der Waals surface area contributed by atoms with Gasteiger partial charge in [0, 0.05) is 0 Å². The van der Waals surface area contributed by atoms with Gasteiger partial charge in [-0.25, -0.2) is 0 Å². The van der Waals surface area contributed by atoms with Crippen LogP contribution in [0.2, 0.25) is 0 Å². The fraction of sp³-hybridized carbons (Fsp3) is 0.500. The van der Waals surface area contributed by atoms with Gasteiger partial charge < -0.3 is 35.0 Å². The Hall–Kier alpha value is -1.55. The van der Waals surface area contributed by atoms with Crippen molar-refractivity contribution in [2.45, 2.75) is 30.7 Å². The van der Waals surface area contributed by atoms with E-state index in [0.717, 1.165) is 0 Å². The average Bonchev–Trinajstić information content (AvgIpc) is 2.55. The lowest BCUT2D eigenvalue weighted by atomic mass is 9.99. The smallest absolute Gasteiger partial charge is 0.229 e. The maximum atomic E-state index is 11.6. The molecule has 8 nitrogen and oxygen atoms in total. The van der Waals surface area contributed by atoms with Crippen LogP contribution in [-0.4, -0.2) is 75.2 Å². The van der Waals surface area contributed by atoms with Gasteiger partial charge in [0.2, 0.25) is 6.29 Å². The van der Waals surface area contributed by atoms with Crippen molar-refractivity contribution in [3.63, 3.8) is 0 Å². The number of hydrogen-bond donors (Lipinski definition) is 5. The van der Waals surface area contributed by atoms with Crippen LogP contribution in [0.3, 0.4) is 0 Å². The largest absolute Gasteiger partial charge is 0.461 e. The Balaban J connectivity index is 2.21. The van der Waals surface area contributed by atoms with Crippen molar-refractivity contribution in [3.05, 3.63) is 29.8 Å². The van der Waals surface area contributed by atoms with E-state index in [1.165, 1.54) is 12.1 Å². The maximum Gasteiger partial charge on any atom is 0.229 e. The van der Waals surface area contributed by atoms with E-state index in [-0.39, 0.29) is 11.3 Å². The van der Waals surface area contributed by atoms with Crippen LogP contribution in [0.1, 0.15) is 10.4 Å². The molecule has 0 amide bonds. The third kappa shape index (κ3) is 3.27. The molecule has 0 radical (unpaired) electrons. The summed E-state index contributed by atoms with van der Waals surface area (Å²) in [6, 6.07) is 6.01. The van der Waals surface area contributed by atoms with E-state index in [4.69, 9.17) is 19.7 Å². The first-order valence-corrected chi connectivity index (χ1v) is 6.69. The summed E-state index contributed by atoms with van der Waals surface area (Å²) in [5.41, 5.74) is 0.0851. The molecule has 0 saturated carbocycles. The van der Waals surface area contributed by atoms with Crippen molar-refractivity contribution in [1.29, 1.82) is 0 Å². The quantitative estimate of drug-likeness (QED) is 0.395. The number of benzene rings is 1. The molecule has 122 valence electrons. The lowest BCUT2D eigenvalue weighted by molar-refractivity contribution is -0.277.